The molecule has 3 aliphatic rings. The van der Waals surface area contributed by atoms with Crippen LogP contribution in [0, 0.1) is 35.0 Å². The van der Waals surface area contributed by atoms with E-state index in [1.54, 1.807) is 0 Å². The van der Waals surface area contributed by atoms with Crippen molar-refractivity contribution in [2.45, 2.75) is 130 Å². The maximum Gasteiger partial charge on any atom is 0.123 e. The summed E-state index contributed by atoms with van der Waals surface area (Å²) >= 11 is 0. The average Bonchev–Trinajstić information content (AvgIpc) is 3.33. The van der Waals surface area contributed by atoms with Crippen LogP contribution >= 0.6 is 0 Å². The smallest absolute Gasteiger partial charge is 0.123 e. The van der Waals surface area contributed by atoms with Crippen molar-refractivity contribution < 1.29 is 15.3 Å². The van der Waals surface area contributed by atoms with E-state index in [9.17, 15) is 15.3 Å². The lowest BCUT2D eigenvalue weighted by Gasteiger charge is -2.51. The van der Waals surface area contributed by atoms with Crippen LogP contribution in [0.4, 0.5) is 0 Å². The lowest BCUT2D eigenvalue weighted by Crippen LogP contribution is -2.59. The van der Waals surface area contributed by atoms with Crippen molar-refractivity contribution in [2.75, 3.05) is 26.2 Å². The fourth-order valence-electron chi connectivity index (χ4n) is 7.90. The van der Waals surface area contributed by atoms with Crippen LogP contribution in [0.25, 0.3) is 0 Å². The molecule has 0 amide bonds. The minimum Gasteiger partial charge on any atom is -0.389 e. The number of piperidine rings is 1. The molecule has 7 atom stereocenters. The van der Waals surface area contributed by atoms with Gasteiger partial charge in [-0.15, -0.1) is 6.58 Å². The fraction of sp³-hybridized carbons (Fsp3) is 0.938. The summed E-state index contributed by atoms with van der Waals surface area (Å²) in [5.74, 6) is 3.39. The van der Waals surface area contributed by atoms with Crippen molar-refractivity contribution in [3.63, 3.8) is 0 Å². The zero-order valence-corrected chi connectivity index (χ0v) is 25.5. The maximum absolute atomic E-state index is 11.6. The Labute approximate surface area is 234 Å². The van der Waals surface area contributed by atoms with Crippen LogP contribution in [0.1, 0.15) is 99.3 Å². The normalized spacial score (nSPS) is 33.1. The number of nitrogens with zero attached hydrogens (tertiary/aromatic N) is 2. The van der Waals surface area contributed by atoms with Gasteiger partial charge in [0.15, 0.2) is 0 Å². The first kappa shape index (κ1) is 32.0. The first-order chi connectivity index (χ1) is 17.9. The molecule has 2 aliphatic heterocycles. The van der Waals surface area contributed by atoms with E-state index in [2.05, 4.69) is 63.2 Å². The molecule has 3 rings (SSSR count). The number of aliphatic hydroxyl groups excluding tert-OH is 3. The molecule has 0 spiro atoms. The Morgan fingerprint density at radius 1 is 0.947 bits per heavy atom. The molecule has 0 radical (unpaired) electrons. The Morgan fingerprint density at radius 3 is 2.21 bits per heavy atom. The third-order valence-electron chi connectivity index (χ3n) is 10.3. The monoisotopic (exact) mass is 535 g/mol. The molecule has 1 aliphatic carbocycles. The molecule has 2 saturated heterocycles. The highest BCUT2D eigenvalue weighted by Gasteiger charge is 2.43. The van der Waals surface area contributed by atoms with Crippen molar-refractivity contribution in [1.29, 1.82) is 0 Å². The summed E-state index contributed by atoms with van der Waals surface area (Å²) in [7, 11) is 0. The van der Waals surface area contributed by atoms with E-state index in [0.717, 1.165) is 56.8 Å². The molecule has 5 unspecified atom stereocenters. The van der Waals surface area contributed by atoms with Crippen LogP contribution < -0.4 is 5.32 Å². The van der Waals surface area contributed by atoms with Crippen molar-refractivity contribution in [1.82, 2.24) is 15.1 Å². The van der Waals surface area contributed by atoms with E-state index < -0.39 is 18.6 Å². The molecule has 6 heteroatoms. The summed E-state index contributed by atoms with van der Waals surface area (Å²) in [6, 6.07) is 0.341. The number of nitrogens with one attached hydrogen (secondary N) is 1. The van der Waals surface area contributed by atoms with Crippen molar-refractivity contribution >= 4 is 0 Å². The van der Waals surface area contributed by atoms with E-state index in [0.29, 0.717) is 30.7 Å². The van der Waals surface area contributed by atoms with Gasteiger partial charge in [-0.25, -0.2) is 0 Å². The van der Waals surface area contributed by atoms with Gasteiger partial charge in [0.05, 0.1) is 6.10 Å². The van der Waals surface area contributed by atoms with Crippen molar-refractivity contribution in [3.8, 4) is 0 Å². The third kappa shape index (κ3) is 8.75. The standard InChI is InChI=1S/C32H61N3O3/c1-8-27(36)13-14-29(37)34-17-15-25(20-34)19-24(5)33-30(22(2)3)31(38)35-18-16-28(32(6,7)21-35)26-11-9-23(4)10-12-26/h8,22-31,33,36-38H,1,9-21H2,2-7H3/t23?,24?,25-,26?,27?,28?,29?,30+,31?/m0/s1. The van der Waals surface area contributed by atoms with Gasteiger partial charge in [-0.05, 0) is 86.9 Å². The highest BCUT2D eigenvalue weighted by molar-refractivity contribution is 4.95. The Balaban J connectivity index is 1.49. The van der Waals surface area contributed by atoms with Crippen LogP contribution in [0.15, 0.2) is 12.7 Å². The highest BCUT2D eigenvalue weighted by Crippen LogP contribution is 2.46. The van der Waals surface area contributed by atoms with Crippen LogP contribution in [-0.4, -0.2) is 81.9 Å². The Kier molecular flexibility index (Phi) is 12.1. The molecule has 222 valence electrons. The fourth-order valence-corrected chi connectivity index (χ4v) is 7.90. The van der Waals surface area contributed by atoms with Gasteiger partial charge < -0.3 is 20.6 Å². The predicted molar refractivity (Wildman–Crippen MR) is 158 cm³/mol. The largest absolute Gasteiger partial charge is 0.389 e. The topological polar surface area (TPSA) is 79.2 Å². The number of rotatable bonds is 13. The Morgan fingerprint density at radius 2 is 1.61 bits per heavy atom. The SMILES string of the molecule is C=CC(O)CCC(O)N1CC[C@@H](CC(C)N[C@H](C(C)C)C(O)N2CCC(C3CCC(C)CC3)C(C)(C)C2)C1. The van der Waals surface area contributed by atoms with Gasteiger partial charge in [0.1, 0.15) is 12.5 Å². The van der Waals surface area contributed by atoms with Gasteiger partial charge in [-0.2, -0.15) is 0 Å². The van der Waals surface area contributed by atoms with E-state index in [1.807, 2.05) is 0 Å². The first-order valence-electron chi connectivity index (χ1n) is 15.8. The van der Waals surface area contributed by atoms with Gasteiger partial charge in [0.2, 0.25) is 0 Å². The lowest BCUT2D eigenvalue weighted by atomic mass is 9.63. The molecule has 38 heavy (non-hydrogen) atoms. The van der Waals surface area contributed by atoms with Gasteiger partial charge in [0.25, 0.3) is 0 Å². The van der Waals surface area contributed by atoms with E-state index >= 15 is 0 Å². The van der Waals surface area contributed by atoms with Gasteiger partial charge in [-0.3, -0.25) is 9.80 Å². The minimum absolute atomic E-state index is 0.0383. The van der Waals surface area contributed by atoms with Gasteiger partial charge in [-0.1, -0.05) is 53.5 Å². The van der Waals surface area contributed by atoms with Gasteiger partial charge >= 0.3 is 0 Å². The average molecular weight is 536 g/mol. The Hall–Kier alpha value is -0.500. The molecule has 6 nitrogen and oxygen atoms in total. The zero-order chi connectivity index (χ0) is 28.0. The maximum atomic E-state index is 11.6. The molecule has 0 aromatic carbocycles. The molecule has 3 fully saturated rings. The molecule has 2 heterocycles. The molecule has 4 N–H and O–H groups in total. The van der Waals surface area contributed by atoms with Crippen molar-refractivity contribution in [2.24, 2.45) is 35.0 Å². The van der Waals surface area contributed by atoms with E-state index in [1.165, 1.54) is 38.2 Å². The summed E-state index contributed by atoms with van der Waals surface area (Å²) in [5.41, 5.74) is 0.230. The Bertz CT molecular complexity index is 708. The van der Waals surface area contributed by atoms with Crippen LogP contribution in [0.3, 0.4) is 0 Å². The number of aliphatic hydroxyl groups is 3. The summed E-state index contributed by atoms with van der Waals surface area (Å²) in [5, 5.41) is 35.7. The quantitative estimate of drug-likeness (QED) is 0.253. The minimum atomic E-state index is -0.542. The number of hydrogen-bond acceptors (Lipinski definition) is 6. The molecular weight excluding hydrogens is 474 g/mol. The van der Waals surface area contributed by atoms with Crippen molar-refractivity contribution in [3.05, 3.63) is 12.7 Å². The molecule has 1 saturated carbocycles. The molecular formula is C32H61N3O3. The van der Waals surface area contributed by atoms with E-state index in [-0.39, 0.29) is 11.5 Å². The number of likely N-dealkylation sites (tertiary alicyclic amines) is 2. The van der Waals surface area contributed by atoms with Crippen LogP contribution in [-0.2, 0) is 0 Å². The summed E-state index contributed by atoms with van der Waals surface area (Å²) in [4.78, 5) is 4.51. The van der Waals surface area contributed by atoms with E-state index in [4.69, 9.17) is 0 Å². The zero-order valence-electron chi connectivity index (χ0n) is 25.5. The summed E-state index contributed by atoms with van der Waals surface area (Å²) in [6.07, 6.45) is 10.0. The second-order valence-corrected chi connectivity index (χ2v) is 14.4. The summed E-state index contributed by atoms with van der Waals surface area (Å²) in [6.45, 7) is 21.4. The second-order valence-electron chi connectivity index (χ2n) is 14.4. The molecule has 0 bridgehead atoms. The molecule has 0 aromatic heterocycles. The first-order valence-corrected chi connectivity index (χ1v) is 15.8. The van der Waals surface area contributed by atoms with Gasteiger partial charge in [0, 0.05) is 38.3 Å². The lowest BCUT2D eigenvalue weighted by molar-refractivity contribution is -0.0966. The highest BCUT2D eigenvalue weighted by atomic mass is 16.3. The second kappa shape index (κ2) is 14.4. The van der Waals surface area contributed by atoms with Crippen LogP contribution in [0.2, 0.25) is 0 Å². The summed E-state index contributed by atoms with van der Waals surface area (Å²) < 4.78 is 0. The predicted octanol–water partition coefficient (Wildman–Crippen LogP) is 4.84. The third-order valence-corrected chi connectivity index (χ3v) is 10.3. The number of hydrogen-bond donors (Lipinski definition) is 4. The molecule has 0 aromatic rings. The van der Waals surface area contributed by atoms with Crippen LogP contribution in [0.5, 0.6) is 0 Å².